The van der Waals surface area contributed by atoms with E-state index in [2.05, 4.69) is 4.72 Å². The molecule has 1 aliphatic carbocycles. The minimum Gasteiger partial charge on any atom is -0.303 e. The van der Waals surface area contributed by atoms with Crippen LogP contribution < -0.4 is 4.72 Å². The van der Waals surface area contributed by atoms with Crippen molar-refractivity contribution in [2.24, 2.45) is 5.92 Å². The van der Waals surface area contributed by atoms with Gasteiger partial charge in [0.05, 0.1) is 0 Å². The Morgan fingerprint density at radius 3 is 2.73 bits per heavy atom. The molecule has 11 heavy (non-hydrogen) atoms. The fourth-order valence-corrected chi connectivity index (χ4v) is 2.29. The number of rotatable bonds is 4. The molecule has 1 aliphatic rings. The Morgan fingerprint density at radius 2 is 2.09 bits per heavy atom. The summed E-state index contributed by atoms with van der Waals surface area (Å²) in [6, 6.07) is 0. The third-order valence-corrected chi connectivity index (χ3v) is 3.08. The molecule has 0 aliphatic heterocycles. The van der Waals surface area contributed by atoms with Crippen LogP contribution >= 0.6 is 11.9 Å². The topological polar surface area (TPSA) is 29.1 Å². The van der Waals surface area contributed by atoms with Crippen LogP contribution in [0.4, 0.5) is 0 Å². The van der Waals surface area contributed by atoms with Gasteiger partial charge in [0, 0.05) is 5.75 Å². The monoisotopic (exact) mass is 173 g/mol. The second-order valence-electron chi connectivity index (χ2n) is 3.05. The highest BCUT2D eigenvalue weighted by atomic mass is 32.2. The molecule has 64 valence electrons. The summed E-state index contributed by atoms with van der Waals surface area (Å²) in [6.07, 6.45) is 7.63. The first-order valence-corrected chi connectivity index (χ1v) is 5.23. The molecule has 0 spiro atoms. The molecule has 1 amide bonds. The number of carbonyl (C=O) groups is 1. The first-order valence-electron chi connectivity index (χ1n) is 4.24. The average molecular weight is 173 g/mol. The largest absolute Gasteiger partial charge is 0.303 e. The lowest BCUT2D eigenvalue weighted by atomic mass is 9.91. The maximum atomic E-state index is 9.91. The Morgan fingerprint density at radius 1 is 1.36 bits per heavy atom. The third-order valence-electron chi connectivity index (χ3n) is 2.18. The molecule has 3 heteroatoms. The van der Waals surface area contributed by atoms with Gasteiger partial charge in [-0.1, -0.05) is 31.2 Å². The highest BCUT2D eigenvalue weighted by Gasteiger charge is 2.12. The van der Waals surface area contributed by atoms with Crippen LogP contribution in [0.5, 0.6) is 0 Å². The summed E-state index contributed by atoms with van der Waals surface area (Å²) >= 11 is 1.54. The Bertz CT molecular complexity index is 113. The van der Waals surface area contributed by atoms with E-state index in [-0.39, 0.29) is 0 Å². The third kappa shape index (κ3) is 3.65. The van der Waals surface area contributed by atoms with E-state index < -0.39 is 0 Å². The summed E-state index contributed by atoms with van der Waals surface area (Å²) in [5.41, 5.74) is 0. The molecule has 0 aromatic rings. The summed E-state index contributed by atoms with van der Waals surface area (Å²) < 4.78 is 2.63. The smallest absolute Gasteiger partial charge is 0.216 e. The van der Waals surface area contributed by atoms with Gasteiger partial charge in [0.1, 0.15) is 0 Å². The van der Waals surface area contributed by atoms with E-state index in [0.717, 1.165) is 18.1 Å². The summed E-state index contributed by atoms with van der Waals surface area (Å²) in [4.78, 5) is 9.91. The Labute approximate surface area is 72.3 Å². The van der Waals surface area contributed by atoms with Gasteiger partial charge < -0.3 is 4.72 Å². The van der Waals surface area contributed by atoms with Crippen molar-refractivity contribution in [3.8, 4) is 0 Å². The summed E-state index contributed by atoms with van der Waals surface area (Å²) in [5, 5.41) is 0. The minimum absolute atomic E-state index is 0.757. The van der Waals surface area contributed by atoms with Crippen LogP contribution in [-0.2, 0) is 4.79 Å². The summed E-state index contributed by atoms with van der Waals surface area (Å²) in [6.45, 7) is 0. The molecule has 1 rings (SSSR count). The van der Waals surface area contributed by atoms with Crippen molar-refractivity contribution < 1.29 is 4.79 Å². The van der Waals surface area contributed by atoms with Crippen molar-refractivity contribution >= 4 is 18.4 Å². The lowest BCUT2D eigenvalue weighted by Gasteiger charge is -2.20. The zero-order valence-electron chi connectivity index (χ0n) is 6.71. The predicted octanol–water partition coefficient (Wildman–Crippen LogP) is 1.96. The van der Waals surface area contributed by atoms with Crippen LogP contribution in [0.1, 0.15) is 32.1 Å². The molecule has 0 unspecified atom stereocenters. The molecule has 0 atom stereocenters. The van der Waals surface area contributed by atoms with E-state index in [4.69, 9.17) is 0 Å². The van der Waals surface area contributed by atoms with Gasteiger partial charge in [0.25, 0.3) is 0 Å². The summed E-state index contributed by atoms with van der Waals surface area (Å²) in [5.74, 6) is 1.94. The van der Waals surface area contributed by atoms with Gasteiger partial charge in [-0.25, -0.2) is 0 Å². The van der Waals surface area contributed by atoms with Gasteiger partial charge >= 0.3 is 0 Å². The Hall–Kier alpha value is -0.180. The number of nitrogens with one attached hydrogen (secondary N) is 1. The molecule has 2 nitrogen and oxygen atoms in total. The Balaban J connectivity index is 2.00. The second-order valence-corrected chi connectivity index (χ2v) is 3.91. The maximum absolute atomic E-state index is 9.91. The Kier molecular flexibility index (Phi) is 4.43. The fourth-order valence-electron chi connectivity index (χ4n) is 1.55. The van der Waals surface area contributed by atoms with Crippen molar-refractivity contribution in [3.63, 3.8) is 0 Å². The van der Waals surface area contributed by atoms with Crippen LogP contribution in [-0.4, -0.2) is 12.2 Å². The highest BCUT2D eigenvalue weighted by molar-refractivity contribution is 7.97. The van der Waals surface area contributed by atoms with E-state index in [0.29, 0.717) is 0 Å². The first kappa shape index (κ1) is 8.91. The second kappa shape index (κ2) is 5.47. The maximum Gasteiger partial charge on any atom is 0.216 e. The van der Waals surface area contributed by atoms with E-state index in [1.807, 2.05) is 0 Å². The van der Waals surface area contributed by atoms with Crippen molar-refractivity contribution in [1.82, 2.24) is 4.72 Å². The van der Waals surface area contributed by atoms with Crippen LogP contribution in [0, 0.1) is 5.92 Å². The van der Waals surface area contributed by atoms with Gasteiger partial charge in [0.2, 0.25) is 6.41 Å². The van der Waals surface area contributed by atoms with Crippen molar-refractivity contribution in [3.05, 3.63) is 0 Å². The van der Waals surface area contributed by atoms with E-state index in [1.54, 1.807) is 11.9 Å². The lowest BCUT2D eigenvalue weighted by molar-refractivity contribution is -0.107. The molecule has 0 bridgehead atoms. The standard InChI is InChI=1S/C8H15NOS/c10-7-9-11-6-8-4-2-1-3-5-8/h7-8H,1-6H2,(H,9,10). The molecule has 1 N–H and O–H groups in total. The van der Waals surface area contributed by atoms with Crippen LogP contribution in [0.3, 0.4) is 0 Å². The number of carbonyl (C=O) groups excluding carboxylic acids is 1. The zero-order chi connectivity index (χ0) is 7.94. The van der Waals surface area contributed by atoms with Crippen LogP contribution in [0.25, 0.3) is 0 Å². The van der Waals surface area contributed by atoms with Crippen LogP contribution in [0.15, 0.2) is 0 Å². The molecule has 0 radical (unpaired) electrons. The van der Waals surface area contributed by atoms with Crippen LogP contribution in [0.2, 0.25) is 0 Å². The number of amides is 1. The van der Waals surface area contributed by atoms with Gasteiger partial charge in [-0.15, -0.1) is 0 Å². The normalized spacial score (nSPS) is 19.6. The SMILES string of the molecule is O=CNSCC1CCCCC1. The molecule has 0 heterocycles. The highest BCUT2D eigenvalue weighted by Crippen LogP contribution is 2.25. The molecular weight excluding hydrogens is 158 g/mol. The molecule has 0 aromatic carbocycles. The van der Waals surface area contributed by atoms with Crippen molar-refractivity contribution in [2.75, 3.05) is 5.75 Å². The summed E-state index contributed by atoms with van der Waals surface area (Å²) in [7, 11) is 0. The van der Waals surface area contributed by atoms with E-state index in [1.165, 1.54) is 32.1 Å². The van der Waals surface area contributed by atoms with Gasteiger partial charge in [-0.05, 0) is 18.8 Å². The lowest BCUT2D eigenvalue weighted by Crippen LogP contribution is -2.11. The van der Waals surface area contributed by atoms with Gasteiger partial charge in [-0.2, -0.15) is 0 Å². The molecule has 1 fully saturated rings. The van der Waals surface area contributed by atoms with E-state index >= 15 is 0 Å². The molecule has 0 saturated heterocycles. The predicted molar refractivity (Wildman–Crippen MR) is 48.2 cm³/mol. The zero-order valence-corrected chi connectivity index (χ0v) is 7.53. The van der Waals surface area contributed by atoms with Crippen molar-refractivity contribution in [2.45, 2.75) is 32.1 Å². The average Bonchev–Trinajstić information content (AvgIpc) is 2.07. The first-order chi connectivity index (χ1) is 5.43. The molecule has 1 saturated carbocycles. The van der Waals surface area contributed by atoms with Gasteiger partial charge in [-0.3, -0.25) is 4.79 Å². The molecule has 0 aromatic heterocycles. The van der Waals surface area contributed by atoms with E-state index in [9.17, 15) is 4.79 Å². The van der Waals surface area contributed by atoms with Gasteiger partial charge in [0.15, 0.2) is 0 Å². The molecular formula is C8H15NOS. The minimum atomic E-state index is 0.757. The fraction of sp³-hybridized carbons (Fsp3) is 0.875. The number of hydrogen-bond donors (Lipinski definition) is 1. The number of hydrogen-bond acceptors (Lipinski definition) is 2. The van der Waals surface area contributed by atoms with Crippen molar-refractivity contribution in [1.29, 1.82) is 0 Å². The quantitative estimate of drug-likeness (QED) is 0.400.